The molecular formula is C16H19N3O5. The number of ether oxygens (including phenoxy) is 1. The highest BCUT2D eigenvalue weighted by molar-refractivity contribution is 6.09. The van der Waals surface area contributed by atoms with Crippen LogP contribution in [-0.4, -0.2) is 42.0 Å². The van der Waals surface area contributed by atoms with E-state index in [2.05, 4.69) is 10.1 Å². The van der Waals surface area contributed by atoms with Gasteiger partial charge in [0.25, 0.3) is 5.91 Å². The van der Waals surface area contributed by atoms with E-state index in [0.717, 1.165) is 10.5 Å². The van der Waals surface area contributed by atoms with E-state index in [0.29, 0.717) is 5.56 Å². The fourth-order valence-electron chi connectivity index (χ4n) is 2.39. The molecule has 0 saturated carbocycles. The zero-order chi connectivity index (χ0) is 17.9. The second-order valence-corrected chi connectivity index (χ2v) is 5.58. The topological polar surface area (TPSA) is 105 Å². The molecule has 8 nitrogen and oxygen atoms in total. The van der Waals surface area contributed by atoms with Crippen LogP contribution in [-0.2, 0) is 19.9 Å². The normalized spacial score (nSPS) is 19.9. The Kier molecular flexibility index (Phi) is 4.87. The lowest BCUT2D eigenvalue weighted by molar-refractivity contribution is -0.134. The number of carbonyl (C=O) groups excluding carboxylic acids is 4. The SMILES string of the molecule is CCOC(=O)NC(=O)CN1C(=O)N[C@](C)(c2ccc(C)cc2)C1=O. The van der Waals surface area contributed by atoms with Crippen LogP contribution in [0.2, 0.25) is 0 Å². The van der Waals surface area contributed by atoms with Crippen molar-refractivity contribution >= 4 is 23.9 Å². The number of hydrogen-bond donors (Lipinski definition) is 2. The average Bonchev–Trinajstić information content (AvgIpc) is 2.72. The van der Waals surface area contributed by atoms with Crippen molar-refractivity contribution in [2.75, 3.05) is 13.2 Å². The number of aryl methyl sites for hydroxylation is 1. The van der Waals surface area contributed by atoms with E-state index >= 15 is 0 Å². The van der Waals surface area contributed by atoms with Gasteiger partial charge in [0.15, 0.2) is 0 Å². The third-order valence-electron chi connectivity index (χ3n) is 3.72. The molecule has 0 unspecified atom stereocenters. The number of rotatable bonds is 4. The predicted molar refractivity (Wildman–Crippen MR) is 83.9 cm³/mol. The summed E-state index contributed by atoms with van der Waals surface area (Å²) in [5, 5.41) is 4.54. The smallest absolute Gasteiger partial charge is 0.413 e. The first kappa shape index (κ1) is 17.5. The standard InChI is InChI=1S/C16H19N3O5/c1-4-24-15(23)17-12(20)9-19-13(21)16(3,18-14(19)22)11-7-5-10(2)6-8-11/h5-8H,4,9H2,1-3H3,(H,18,22)(H,17,20,23)/t16-/m1/s1. The molecule has 0 spiro atoms. The van der Waals surface area contributed by atoms with Crippen LogP contribution in [0.1, 0.15) is 25.0 Å². The van der Waals surface area contributed by atoms with Crippen molar-refractivity contribution in [1.82, 2.24) is 15.5 Å². The summed E-state index contributed by atoms with van der Waals surface area (Å²) in [6.45, 7) is 4.61. The minimum Gasteiger partial charge on any atom is -0.450 e. The number of alkyl carbamates (subject to hydrolysis) is 1. The van der Waals surface area contributed by atoms with Gasteiger partial charge in [-0.15, -0.1) is 0 Å². The van der Waals surface area contributed by atoms with Crippen molar-refractivity contribution in [2.24, 2.45) is 0 Å². The molecule has 24 heavy (non-hydrogen) atoms. The number of nitrogens with zero attached hydrogens (tertiary/aromatic N) is 1. The van der Waals surface area contributed by atoms with Gasteiger partial charge in [-0.2, -0.15) is 0 Å². The highest BCUT2D eigenvalue weighted by Crippen LogP contribution is 2.28. The quantitative estimate of drug-likeness (QED) is 0.801. The molecule has 2 N–H and O–H groups in total. The third kappa shape index (κ3) is 3.37. The summed E-state index contributed by atoms with van der Waals surface area (Å²) in [7, 11) is 0. The Bertz CT molecular complexity index is 685. The Balaban J connectivity index is 2.12. The Labute approximate surface area is 139 Å². The van der Waals surface area contributed by atoms with Crippen molar-refractivity contribution in [3.63, 3.8) is 0 Å². The van der Waals surface area contributed by atoms with Gasteiger partial charge in [-0.1, -0.05) is 29.8 Å². The van der Waals surface area contributed by atoms with E-state index in [1.165, 1.54) is 0 Å². The second kappa shape index (κ2) is 6.69. The molecule has 1 aliphatic rings. The van der Waals surface area contributed by atoms with Gasteiger partial charge in [0.1, 0.15) is 12.1 Å². The first-order chi connectivity index (χ1) is 11.3. The molecule has 8 heteroatoms. The molecule has 1 heterocycles. The molecule has 128 valence electrons. The monoisotopic (exact) mass is 333 g/mol. The molecule has 1 fully saturated rings. The summed E-state index contributed by atoms with van der Waals surface area (Å²) in [5.41, 5.74) is 0.374. The Morgan fingerprint density at radius 2 is 1.88 bits per heavy atom. The van der Waals surface area contributed by atoms with E-state index in [4.69, 9.17) is 0 Å². The summed E-state index contributed by atoms with van der Waals surface area (Å²) in [5.74, 6) is -1.36. The highest BCUT2D eigenvalue weighted by atomic mass is 16.5. The van der Waals surface area contributed by atoms with Crippen LogP contribution in [0.5, 0.6) is 0 Å². The van der Waals surface area contributed by atoms with E-state index in [9.17, 15) is 19.2 Å². The van der Waals surface area contributed by atoms with Gasteiger partial charge in [0.05, 0.1) is 6.61 Å². The van der Waals surface area contributed by atoms with Crippen molar-refractivity contribution in [3.05, 3.63) is 35.4 Å². The number of imide groups is 2. The Hall–Kier alpha value is -2.90. The van der Waals surface area contributed by atoms with E-state index in [-0.39, 0.29) is 6.61 Å². The lowest BCUT2D eigenvalue weighted by atomic mass is 9.91. The number of nitrogens with one attached hydrogen (secondary N) is 2. The maximum atomic E-state index is 12.6. The summed E-state index contributed by atoms with van der Waals surface area (Å²) in [4.78, 5) is 48.5. The fourth-order valence-corrected chi connectivity index (χ4v) is 2.39. The van der Waals surface area contributed by atoms with Crippen LogP contribution < -0.4 is 10.6 Å². The molecule has 1 aromatic rings. The molecule has 0 radical (unpaired) electrons. The molecule has 0 aromatic heterocycles. The fraction of sp³-hybridized carbons (Fsp3) is 0.375. The molecule has 1 aliphatic heterocycles. The number of urea groups is 1. The Morgan fingerprint density at radius 1 is 1.25 bits per heavy atom. The summed E-state index contributed by atoms with van der Waals surface area (Å²) in [6.07, 6.45) is -0.921. The van der Waals surface area contributed by atoms with Crippen LogP contribution in [0, 0.1) is 6.92 Å². The zero-order valence-electron chi connectivity index (χ0n) is 13.7. The summed E-state index contributed by atoms with van der Waals surface area (Å²) < 4.78 is 4.58. The summed E-state index contributed by atoms with van der Waals surface area (Å²) >= 11 is 0. The van der Waals surface area contributed by atoms with Crippen molar-refractivity contribution in [1.29, 1.82) is 0 Å². The van der Waals surface area contributed by atoms with Gasteiger partial charge >= 0.3 is 12.1 Å². The number of amides is 5. The van der Waals surface area contributed by atoms with Crippen molar-refractivity contribution in [3.8, 4) is 0 Å². The van der Waals surface area contributed by atoms with Gasteiger partial charge in [-0.25, -0.2) is 9.59 Å². The molecule has 0 aliphatic carbocycles. The predicted octanol–water partition coefficient (Wildman–Crippen LogP) is 1.03. The van der Waals surface area contributed by atoms with E-state index in [1.54, 1.807) is 26.0 Å². The van der Waals surface area contributed by atoms with E-state index in [1.807, 2.05) is 24.4 Å². The van der Waals surface area contributed by atoms with Gasteiger partial charge in [0.2, 0.25) is 5.91 Å². The minimum absolute atomic E-state index is 0.105. The van der Waals surface area contributed by atoms with Crippen LogP contribution in [0.25, 0.3) is 0 Å². The van der Waals surface area contributed by atoms with Crippen LogP contribution in [0.4, 0.5) is 9.59 Å². The van der Waals surface area contributed by atoms with Gasteiger partial charge < -0.3 is 10.1 Å². The summed E-state index contributed by atoms with van der Waals surface area (Å²) in [6, 6.07) is 6.46. The molecule has 0 bridgehead atoms. The first-order valence-electron chi connectivity index (χ1n) is 7.45. The minimum atomic E-state index is -1.25. The average molecular weight is 333 g/mol. The molecule has 2 rings (SSSR count). The van der Waals surface area contributed by atoms with Gasteiger partial charge in [-0.3, -0.25) is 19.8 Å². The molecule has 1 aromatic carbocycles. The maximum absolute atomic E-state index is 12.6. The largest absolute Gasteiger partial charge is 0.450 e. The second-order valence-electron chi connectivity index (χ2n) is 5.58. The number of carbonyl (C=O) groups is 4. The molecular weight excluding hydrogens is 314 g/mol. The third-order valence-corrected chi connectivity index (χ3v) is 3.72. The molecule has 5 amide bonds. The lowest BCUT2D eigenvalue weighted by Crippen LogP contribution is -2.44. The zero-order valence-corrected chi connectivity index (χ0v) is 13.7. The van der Waals surface area contributed by atoms with Crippen molar-refractivity contribution in [2.45, 2.75) is 26.3 Å². The number of benzene rings is 1. The highest BCUT2D eigenvalue weighted by Gasteiger charge is 2.49. The van der Waals surface area contributed by atoms with Crippen LogP contribution >= 0.6 is 0 Å². The van der Waals surface area contributed by atoms with Crippen LogP contribution in [0.3, 0.4) is 0 Å². The van der Waals surface area contributed by atoms with Gasteiger partial charge in [0, 0.05) is 0 Å². The molecule has 1 atom stereocenters. The number of hydrogen-bond acceptors (Lipinski definition) is 5. The van der Waals surface area contributed by atoms with Crippen molar-refractivity contribution < 1.29 is 23.9 Å². The lowest BCUT2D eigenvalue weighted by Gasteiger charge is -2.22. The Morgan fingerprint density at radius 3 is 2.46 bits per heavy atom. The first-order valence-corrected chi connectivity index (χ1v) is 7.45. The van der Waals surface area contributed by atoms with Gasteiger partial charge in [-0.05, 0) is 26.3 Å². The van der Waals surface area contributed by atoms with Crippen LogP contribution in [0.15, 0.2) is 24.3 Å². The molecule has 1 saturated heterocycles. The maximum Gasteiger partial charge on any atom is 0.413 e. The van der Waals surface area contributed by atoms with E-state index < -0.39 is 36.0 Å².